The van der Waals surface area contributed by atoms with E-state index in [0.717, 1.165) is 15.7 Å². The van der Waals surface area contributed by atoms with E-state index in [-0.39, 0.29) is 6.04 Å². The summed E-state index contributed by atoms with van der Waals surface area (Å²) in [5.41, 5.74) is 1.75. The zero-order valence-electron chi connectivity index (χ0n) is 10.4. The van der Waals surface area contributed by atoms with Crippen molar-refractivity contribution in [3.05, 3.63) is 60.5 Å². The molecule has 1 N–H and O–H groups in total. The molecule has 106 valence electrons. The van der Waals surface area contributed by atoms with Crippen molar-refractivity contribution in [3.63, 3.8) is 0 Å². The van der Waals surface area contributed by atoms with Gasteiger partial charge in [-0.15, -0.1) is 0 Å². The van der Waals surface area contributed by atoms with E-state index in [4.69, 9.17) is 46.4 Å². The maximum absolute atomic E-state index is 6.24. The highest BCUT2D eigenvalue weighted by Crippen LogP contribution is 2.38. The summed E-state index contributed by atoms with van der Waals surface area (Å²) in [4.78, 5) is 0. The van der Waals surface area contributed by atoms with Crippen LogP contribution in [-0.4, -0.2) is 0 Å². The van der Waals surface area contributed by atoms with Crippen molar-refractivity contribution in [2.45, 2.75) is 13.0 Å². The molecule has 0 saturated heterocycles. The first kappa shape index (κ1) is 16.3. The van der Waals surface area contributed by atoms with E-state index in [0.29, 0.717) is 20.1 Å². The van der Waals surface area contributed by atoms with Gasteiger partial charge in [0.05, 0.1) is 36.3 Å². The van der Waals surface area contributed by atoms with Crippen LogP contribution in [0.4, 0.5) is 5.69 Å². The molecule has 0 aromatic heterocycles. The van der Waals surface area contributed by atoms with Crippen LogP contribution in [0, 0.1) is 0 Å². The molecule has 2 aromatic carbocycles. The number of halogens is 5. The Morgan fingerprint density at radius 2 is 1.65 bits per heavy atom. The maximum Gasteiger partial charge on any atom is 0.0782 e. The highest BCUT2D eigenvalue weighted by molar-refractivity contribution is 9.10. The average molecular weight is 414 g/mol. The van der Waals surface area contributed by atoms with Crippen molar-refractivity contribution in [2.24, 2.45) is 0 Å². The highest BCUT2D eigenvalue weighted by Gasteiger charge is 2.15. The zero-order valence-corrected chi connectivity index (χ0v) is 15.0. The van der Waals surface area contributed by atoms with Crippen LogP contribution in [0.1, 0.15) is 18.5 Å². The third kappa shape index (κ3) is 3.37. The van der Waals surface area contributed by atoms with E-state index >= 15 is 0 Å². The predicted molar refractivity (Wildman–Crippen MR) is 92.7 cm³/mol. The molecule has 0 saturated carbocycles. The minimum absolute atomic E-state index is 0.0490. The molecule has 2 rings (SSSR count). The maximum atomic E-state index is 6.24. The SMILES string of the molecule is CC(Nc1cccc(Cl)c1Br)c1ccc(Cl)c(Cl)c1Cl. The Hall–Kier alpha value is -0.120. The molecule has 1 unspecified atom stereocenters. The van der Waals surface area contributed by atoms with Gasteiger partial charge in [-0.1, -0.05) is 58.5 Å². The number of hydrogen-bond donors (Lipinski definition) is 1. The molecule has 0 radical (unpaired) electrons. The second-order valence-electron chi connectivity index (χ2n) is 4.23. The molecule has 0 bridgehead atoms. The van der Waals surface area contributed by atoms with E-state index in [1.165, 1.54) is 0 Å². The lowest BCUT2D eigenvalue weighted by molar-refractivity contribution is 0.884. The summed E-state index contributed by atoms with van der Waals surface area (Å²) in [5, 5.41) is 5.24. The molecule has 0 spiro atoms. The molecule has 0 fully saturated rings. The Balaban J connectivity index is 2.31. The fourth-order valence-electron chi connectivity index (χ4n) is 1.80. The topological polar surface area (TPSA) is 12.0 Å². The van der Waals surface area contributed by atoms with Gasteiger partial charge in [0.15, 0.2) is 0 Å². The average Bonchev–Trinajstić information content (AvgIpc) is 2.41. The molecule has 0 amide bonds. The lowest BCUT2D eigenvalue weighted by Crippen LogP contribution is -2.08. The zero-order chi connectivity index (χ0) is 14.9. The lowest BCUT2D eigenvalue weighted by atomic mass is 10.1. The summed E-state index contributed by atoms with van der Waals surface area (Å²) in [5.74, 6) is 0. The summed E-state index contributed by atoms with van der Waals surface area (Å²) in [6.07, 6.45) is 0. The van der Waals surface area contributed by atoms with Crippen LogP contribution >= 0.6 is 62.3 Å². The first-order valence-corrected chi connectivity index (χ1v) is 8.06. The number of benzene rings is 2. The number of nitrogens with one attached hydrogen (secondary N) is 1. The third-order valence-electron chi connectivity index (χ3n) is 2.86. The Kier molecular flexibility index (Phi) is 5.49. The largest absolute Gasteiger partial charge is 0.378 e. The fourth-order valence-corrected chi connectivity index (χ4v) is 3.06. The standard InChI is InChI=1S/C14H10BrCl4N/c1-7(8-5-6-10(17)14(19)13(8)18)20-11-4-2-3-9(16)12(11)15/h2-7,20H,1H3. The van der Waals surface area contributed by atoms with Crippen LogP contribution in [0.5, 0.6) is 0 Å². The van der Waals surface area contributed by atoms with Crippen molar-refractivity contribution >= 4 is 68.0 Å². The second kappa shape index (κ2) is 6.76. The number of rotatable bonds is 3. The smallest absolute Gasteiger partial charge is 0.0782 e. The Morgan fingerprint density at radius 1 is 0.950 bits per heavy atom. The van der Waals surface area contributed by atoms with E-state index in [1.807, 2.05) is 31.2 Å². The third-order valence-corrected chi connectivity index (χ3v) is 5.56. The summed E-state index contributed by atoms with van der Waals surface area (Å²) < 4.78 is 0.810. The quantitative estimate of drug-likeness (QED) is 0.523. The van der Waals surface area contributed by atoms with Crippen LogP contribution in [-0.2, 0) is 0 Å². The molecule has 2 aromatic rings. The van der Waals surface area contributed by atoms with E-state index in [1.54, 1.807) is 6.07 Å². The van der Waals surface area contributed by atoms with Crippen LogP contribution in [0.2, 0.25) is 20.1 Å². The Morgan fingerprint density at radius 3 is 2.35 bits per heavy atom. The molecular formula is C14H10BrCl4N. The number of anilines is 1. The second-order valence-corrected chi connectivity index (χ2v) is 6.60. The van der Waals surface area contributed by atoms with E-state index < -0.39 is 0 Å². The van der Waals surface area contributed by atoms with Crippen molar-refractivity contribution in [3.8, 4) is 0 Å². The predicted octanol–water partition coefficient (Wildman–Crippen LogP) is 7.24. The molecular weight excluding hydrogens is 404 g/mol. The molecule has 0 aliphatic carbocycles. The van der Waals surface area contributed by atoms with Crippen LogP contribution in [0.25, 0.3) is 0 Å². The van der Waals surface area contributed by atoms with Gasteiger partial charge >= 0.3 is 0 Å². The van der Waals surface area contributed by atoms with Gasteiger partial charge in [0.1, 0.15) is 0 Å². The van der Waals surface area contributed by atoms with E-state index in [2.05, 4.69) is 21.2 Å². The molecule has 0 aliphatic rings. The van der Waals surface area contributed by atoms with Gasteiger partial charge in [-0.05, 0) is 46.6 Å². The van der Waals surface area contributed by atoms with Crippen LogP contribution in [0.15, 0.2) is 34.8 Å². The molecule has 0 aliphatic heterocycles. The normalized spacial score (nSPS) is 12.3. The lowest BCUT2D eigenvalue weighted by Gasteiger charge is -2.19. The summed E-state index contributed by atoms with van der Waals surface area (Å²) in [6, 6.07) is 9.15. The van der Waals surface area contributed by atoms with Gasteiger partial charge < -0.3 is 5.32 Å². The van der Waals surface area contributed by atoms with Gasteiger partial charge in [-0.3, -0.25) is 0 Å². The molecule has 1 nitrogen and oxygen atoms in total. The van der Waals surface area contributed by atoms with Gasteiger partial charge in [0, 0.05) is 0 Å². The van der Waals surface area contributed by atoms with E-state index in [9.17, 15) is 0 Å². The van der Waals surface area contributed by atoms with Crippen molar-refractivity contribution in [1.82, 2.24) is 0 Å². The summed E-state index contributed by atoms with van der Waals surface area (Å²) in [6.45, 7) is 1.98. The molecule has 20 heavy (non-hydrogen) atoms. The first-order valence-electron chi connectivity index (χ1n) is 5.75. The Bertz CT molecular complexity index is 645. The van der Waals surface area contributed by atoms with Crippen LogP contribution < -0.4 is 5.32 Å². The fraction of sp³-hybridized carbons (Fsp3) is 0.143. The minimum Gasteiger partial charge on any atom is -0.378 e. The summed E-state index contributed by atoms with van der Waals surface area (Å²) in [7, 11) is 0. The van der Waals surface area contributed by atoms with Gasteiger partial charge in [0.2, 0.25) is 0 Å². The number of hydrogen-bond acceptors (Lipinski definition) is 1. The van der Waals surface area contributed by atoms with Crippen molar-refractivity contribution in [1.29, 1.82) is 0 Å². The molecule has 1 atom stereocenters. The molecule has 6 heteroatoms. The molecule has 0 heterocycles. The first-order chi connectivity index (χ1) is 9.41. The van der Waals surface area contributed by atoms with Crippen LogP contribution in [0.3, 0.4) is 0 Å². The van der Waals surface area contributed by atoms with Gasteiger partial charge in [0.25, 0.3) is 0 Å². The Labute approximate surface area is 146 Å². The highest BCUT2D eigenvalue weighted by atomic mass is 79.9. The minimum atomic E-state index is -0.0490. The monoisotopic (exact) mass is 411 g/mol. The summed E-state index contributed by atoms with van der Waals surface area (Å²) >= 11 is 27.8. The van der Waals surface area contributed by atoms with Crippen molar-refractivity contribution < 1.29 is 0 Å². The van der Waals surface area contributed by atoms with Crippen molar-refractivity contribution in [2.75, 3.05) is 5.32 Å². The van der Waals surface area contributed by atoms with Gasteiger partial charge in [-0.2, -0.15) is 0 Å². The van der Waals surface area contributed by atoms with Gasteiger partial charge in [-0.25, -0.2) is 0 Å².